The Bertz CT molecular complexity index is 1110. The van der Waals surface area contributed by atoms with Crippen LogP contribution in [0.4, 0.5) is 4.39 Å². The van der Waals surface area contributed by atoms with E-state index in [4.69, 9.17) is 16.0 Å². The lowest BCUT2D eigenvalue weighted by molar-refractivity contribution is 0.561. The van der Waals surface area contributed by atoms with Crippen molar-refractivity contribution in [2.75, 3.05) is 0 Å². The molecule has 4 aromatic rings. The smallest absolute Gasteiger partial charge is 0.227 e. The van der Waals surface area contributed by atoms with Gasteiger partial charge in [0.2, 0.25) is 5.89 Å². The minimum absolute atomic E-state index is 0.209. The first-order valence-corrected chi connectivity index (χ1v) is 9.17. The van der Waals surface area contributed by atoms with Crippen LogP contribution in [0.3, 0.4) is 0 Å². The minimum Gasteiger partial charge on any atom is -0.436 e. The van der Waals surface area contributed by atoms with Crippen LogP contribution in [0.25, 0.3) is 33.7 Å². The SMILES string of the molecule is CC(C)(C)c1cc(-c2c(F)cccc2Cl)cc2nc(-c3ccccc3)oc12. The Morgan fingerprint density at radius 3 is 2.33 bits per heavy atom. The molecule has 0 bridgehead atoms. The summed E-state index contributed by atoms with van der Waals surface area (Å²) >= 11 is 6.30. The molecule has 0 radical (unpaired) electrons. The van der Waals surface area contributed by atoms with Gasteiger partial charge in [0, 0.05) is 16.7 Å². The molecule has 0 amide bonds. The Balaban J connectivity index is 2.01. The molecule has 4 heteroatoms. The second-order valence-electron chi connectivity index (χ2n) is 7.60. The molecule has 2 nitrogen and oxygen atoms in total. The van der Waals surface area contributed by atoms with Gasteiger partial charge < -0.3 is 4.42 Å². The number of hydrogen-bond acceptors (Lipinski definition) is 2. The van der Waals surface area contributed by atoms with Crippen molar-refractivity contribution < 1.29 is 8.81 Å². The van der Waals surface area contributed by atoms with E-state index < -0.39 is 0 Å². The number of rotatable bonds is 2. The highest BCUT2D eigenvalue weighted by Gasteiger charge is 2.24. The molecule has 1 heterocycles. The van der Waals surface area contributed by atoms with Crippen molar-refractivity contribution in [3.63, 3.8) is 0 Å². The highest BCUT2D eigenvalue weighted by molar-refractivity contribution is 6.33. The monoisotopic (exact) mass is 379 g/mol. The van der Waals surface area contributed by atoms with Crippen LogP contribution in [0.1, 0.15) is 26.3 Å². The number of hydrogen-bond donors (Lipinski definition) is 0. The van der Waals surface area contributed by atoms with Crippen LogP contribution in [-0.4, -0.2) is 4.98 Å². The standard InChI is InChI=1S/C23H19ClFNO/c1-23(2,3)16-12-15(20-17(24)10-7-11-18(20)25)13-19-21(16)27-22(26-19)14-8-5-4-6-9-14/h4-13H,1-3H3. The summed E-state index contributed by atoms with van der Waals surface area (Å²) in [4.78, 5) is 4.67. The van der Waals surface area contributed by atoms with Crippen LogP contribution in [-0.2, 0) is 5.41 Å². The highest BCUT2D eigenvalue weighted by atomic mass is 35.5. The van der Waals surface area contributed by atoms with E-state index in [2.05, 4.69) is 25.8 Å². The third kappa shape index (κ3) is 3.24. The molecule has 3 aromatic carbocycles. The van der Waals surface area contributed by atoms with Gasteiger partial charge in [0.15, 0.2) is 5.58 Å². The number of aromatic nitrogens is 1. The van der Waals surface area contributed by atoms with Crippen LogP contribution < -0.4 is 0 Å². The van der Waals surface area contributed by atoms with E-state index >= 15 is 0 Å². The first-order valence-electron chi connectivity index (χ1n) is 8.79. The van der Waals surface area contributed by atoms with Gasteiger partial charge in [-0.2, -0.15) is 0 Å². The molecule has 0 aliphatic rings. The predicted molar refractivity (Wildman–Crippen MR) is 109 cm³/mol. The van der Waals surface area contributed by atoms with E-state index in [1.54, 1.807) is 12.1 Å². The first-order chi connectivity index (χ1) is 12.8. The fourth-order valence-electron chi connectivity index (χ4n) is 3.21. The molecule has 1 aromatic heterocycles. The van der Waals surface area contributed by atoms with Crippen molar-refractivity contribution in [2.24, 2.45) is 0 Å². The summed E-state index contributed by atoms with van der Waals surface area (Å²) in [5.41, 5.74) is 4.15. The molecule has 0 unspecified atom stereocenters. The van der Waals surface area contributed by atoms with E-state index in [0.717, 1.165) is 16.7 Å². The van der Waals surface area contributed by atoms with Gasteiger partial charge >= 0.3 is 0 Å². The van der Waals surface area contributed by atoms with Crippen LogP contribution >= 0.6 is 11.6 Å². The van der Waals surface area contributed by atoms with Gasteiger partial charge in [0.25, 0.3) is 0 Å². The highest BCUT2D eigenvalue weighted by Crippen LogP contribution is 2.39. The summed E-state index contributed by atoms with van der Waals surface area (Å²) in [7, 11) is 0. The summed E-state index contributed by atoms with van der Waals surface area (Å²) in [6.45, 7) is 6.29. The largest absolute Gasteiger partial charge is 0.436 e. The fraction of sp³-hybridized carbons (Fsp3) is 0.174. The first kappa shape index (κ1) is 17.7. The van der Waals surface area contributed by atoms with Crippen molar-refractivity contribution >= 4 is 22.7 Å². The maximum absolute atomic E-state index is 14.5. The lowest BCUT2D eigenvalue weighted by Gasteiger charge is -2.20. The average molecular weight is 380 g/mol. The van der Waals surface area contributed by atoms with Gasteiger partial charge in [-0.25, -0.2) is 9.37 Å². The predicted octanol–water partition coefficient (Wildman–Crippen LogP) is 7.25. The van der Waals surface area contributed by atoms with Crippen molar-refractivity contribution in [3.8, 4) is 22.6 Å². The van der Waals surface area contributed by atoms with E-state index in [-0.39, 0.29) is 11.2 Å². The summed E-state index contributed by atoms with van der Waals surface area (Å²) in [6, 6.07) is 18.3. The number of benzene rings is 3. The zero-order valence-corrected chi connectivity index (χ0v) is 16.1. The van der Waals surface area contributed by atoms with Gasteiger partial charge in [-0.05, 0) is 47.4 Å². The quantitative estimate of drug-likeness (QED) is 0.366. The van der Waals surface area contributed by atoms with Crippen molar-refractivity contribution in [3.05, 3.63) is 77.1 Å². The summed E-state index contributed by atoms with van der Waals surface area (Å²) in [5, 5.41) is 0.376. The molecule has 27 heavy (non-hydrogen) atoms. The maximum atomic E-state index is 14.5. The Hall–Kier alpha value is -2.65. The van der Waals surface area contributed by atoms with Crippen LogP contribution in [0, 0.1) is 5.82 Å². The van der Waals surface area contributed by atoms with Gasteiger partial charge in [-0.3, -0.25) is 0 Å². The molecule has 0 atom stereocenters. The van der Waals surface area contributed by atoms with Gasteiger partial charge in [-0.1, -0.05) is 56.6 Å². The molecule has 0 N–H and O–H groups in total. The van der Waals surface area contributed by atoms with E-state index in [1.165, 1.54) is 6.07 Å². The third-order valence-corrected chi connectivity index (χ3v) is 4.89. The van der Waals surface area contributed by atoms with E-state index in [9.17, 15) is 4.39 Å². The second-order valence-corrected chi connectivity index (χ2v) is 8.01. The van der Waals surface area contributed by atoms with E-state index in [0.29, 0.717) is 27.6 Å². The van der Waals surface area contributed by atoms with E-state index in [1.807, 2.05) is 42.5 Å². The number of halogens is 2. The minimum atomic E-state index is -0.353. The summed E-state index contributed by atoms with van der Waals surface area (Å²) in [6.07, 6.45) is 0. The Morgan fingerprint density at radius 1 is 0.926 bits per heavy atom. The zero-order chi connectivity index (χ0) is 19.2. The molecule has 0 saturated heterocycles. The van der Waals surface area contributed by atoms with Crippen molar-refractivity contribution in [1.82, 2.24) is 4.98 Å². The normalized spacial score (nSPS) is 11.9. The molecule has 0 fully saturated rings. The van der Waals surface area contributed by atoms with Gasteiger partial charge in [0.05, 0.1) is 5.02 Å². The van der Waals surface area contributed by atoms with Crippen molar-refractivity contribution in [2.45, 2.75) is 26.2 Å². The summed E-state index contributed by atoms with van der Waals surface area (Å²) < 4.78 is 20.6. The lowest BCUT2D eigenvalue weighted by Crippen LogP contribution is -2.11. The number of nitrogens with zero attached hydrogens (tertiary/aromatic N) is 1. The molecular formula is C23H19ClFNO. The Kier molecular flexibility index (Phi) is 4.27. The van der Waals surface area contributed by atoms with Crippen molar-refractivity contribution in [1.29, 1.82) is 0 Å². The van der Waals surface area contributed by atoms with Crippen LogP contribution in [0.2, 0.25) is 5.02 Å². The molecule has 0 spiro atoms. The molecule has 4 rings (SSSR count). The Labute approximate surface area is 162 Å². The zero-order valence-electron chi connectivity index (χ0n) is 15.4. The van der Waals surface area contributed by atoms with Gasteiger partial charge in [0.1, 0.15) is 11.3 Å². The number of oxazole rings is 1. The molecule has 0 aliphatic carbocycles. The number of fused-ring (bicyclic) bond motifs is 1. The maximum Gasteiger partial charge on any atom is 0.227 e. The summed E-state index contributed by atoms with van der Waals surface area (Å²) in [5.74, 6) is 0.196. The van der Waals surface area contributed by atoms with Crippen LogP contribution in [0.5, 0.6) is 0 Å². The van der Waals surface area contributed by atoms with Crippen LogP contribution in [0.15, 0.2) is 65.1 Å². The topological polar surface area (TPSA) is 26.0 Å². The second kappa shape index (κ2) is 6.50. The molecule has 136 valence electrons. The fourth-order valence-corrected chi connectivity index (χ4v) is 3.48. The molecular weight excluding hydrogens is 361 g/mol. The molecule has 0 aliphatic heterocycles. The molecule has 0 saturated carbocycles. The van der Waals surface area contributed by atoms with Gasteiger partial charge in [-0.15, -0.1) is 0 Å². The lowest BCUT2D eigenvalue weighted by atomic mass is 9.84. The Morgan fingerprint density at radius 2 is 1.67 bits per heavy atom. The average Bonchev–Trinajstić information content (AvgIpc) is 3.05. The third-order valence-electron chi connectivity index (χ3n) is 4.57.